The summed E-state index contributed by atoms with van der Waals surface area (Å²) in [5.74, 6) is 0.716. The van der Waals surface area contributed by atoms with Crippen LogP contribution in [0.1, 0.15) is 24.3 Å². The van der Waals surface area contributed by atoms with Gasteiger partial charge in [-0.2, -0.15) is 0 Å². The molecular weight excluding hydrogens is 609 g/mol. The van der Waals surface area contributed by atoms with Gasteiger partial charge in [0.2, 0.25) is 5.89 Å². The average molecular weight is 643 g/mol. The van der Waals surface area contributed by atoms with Gasteiger partial charge in [-0.05, 0) is 82.5 Å². The lowest BCUT2D eigenvalue weighted by atomic mass is 9.93. The van der Waals surface area contributed by atoms with E-state index in [1.165, 1.54) is 33.4 Å². The van der Waals surface area contributed by atoms with Crippen LogP contribution in [0, 0.1) is 0 Å². The van der Waals surface area contributed by atoms with Crippen LogP contribution in [-0.4, -0.2) is 4.98 Å². The third-order valence-corrected chi connectivity index (χ3v) is 9.66. The number of allylic oxidation sites excluding steroid dienone is 4. The monoisotopic (exact) mass is 642 g/mol. The quantitative estimate of drug-likeness (QED) is 0.173. The molecule has 0 saturated carbocycles. The molecule has 1 heterocycles. The summed E-state index contributed by atoms with van der Waals surface area (Å²) >= 11 is 0. The maximum atomic E-state index is 6.35. The van der Waals surface area contributed by atoms with Crippen molar-refractivity contribution in [1.82, 2.24) is 4.98 Å². The highest BCUT2D eigenvalue weighted by Gasteiger charge is 2.19. The van der Waals surface area contributed by atoms with Crippen LogP contribution in [0.2, 0.25) is 0 Å². The van der Waals surface area contributed by atoms with Crippen LogP contribution in [0.15, 0.2) is 186 Å². The number of benzene rings is 7. The Labute approximate surface area is 292 Å². The summed E-state index contributed by atoms with van der Waals surface area (Å²) in [7, 11) is 0. The molecule has 0 unspecified atom stereocenters. The van der Waals surface area contributed by atoms with E-state index in [9.17, 15) is 0 Å². The fourth-order valence-corrected chi connectivity index (χ4v) is 7.06. The number of hydrogen-bond acceptors (Lipinski definition) is 3. The number of para-hydroxylation sites is 1. The first-order valence-electron chi connectivity index (χ1n) is 17.2. The van der Waals surface area contributed by atoms with Gasteiger partial charge in [0, 0.05) is 27.9 Å². The predicted molar refractivity (Wildman–Crippen MR) is 209 cm³/mol. The average Bonchev–Trinajstić information content (AvgIpc) is 3.65. The summed E-state index contributed by atoms with van der Waals surface area (Å²) in [6, 6.07) is 60.2. The SMILES string of the molecule is C1=C(c2ccc(N(c3ccc(-c4ccccc4)cc3)c3ccccc3-c3ccccc3)cc2)CCC(c2nc3ccc4ccccc4c3o2)=C1. The predicted octanol–water partition coefficient (Wildman–Crippen LogP) is 13.0. The molecule has 1 aromatic heterocycles. The van der Waals surface area contributed by atoms with Crippen LogP contribution in [0.4, 0.5) is 17.1 Å². The molecule has 0 N–H and O–H groups in total. The Morgan fingerprint density at radius 2 is 1.04 bits per heavy atom. The van der Waals surface area contributed by atoms with E-state index < -0.39 is 0 Å². The number of hydrogen-bond donors (Lipinski definition) is 0. The van der Waals surface area contributed by atoms with Gasteiger partial charge in [-0.15, -0.1) is 0 Å². The summed E-state index contributed by atoms with van der Waals surface area (Å²) in [6.45, 7) is 0. The molecule has 9 rings (SSSR count). The van der Waals surface area contributed by atoms with Crippen LogP contribution in [-0.2, 0) is 0 Å². The summed E-state index contributed by atoms with van der Waals surface area (Å²) in [5.41, 5.74) is 13.6. The van der Waals surface area contributed by atoms with E-state index in [0.717, 1.165) is 57.3 Å². The fourth-order valence-electron chi connectivity index (χ4n) is 7.06. The van der Waals surface area contributed by atoms with Crippen molar-refractivity contribution in [3.63, 3.8) is 0 Å². The number of rotatable bonds is 7. The topological polar surface area (TPSA) is 29.3 Å². The van der Waals surface area contributed by atoms with Crippen LogP contribution in [0.25, 0.3) is 55.3 Å². The molecule has 238 valence electrons. The van der Waals surface area contributed by atoms with Gasteiger partial charge >= 0.3 is 0 Å². The maximum Gasteiger partial charge on any atom is 0.223 e. The van der Waals surface area contributed by atoms with Crippen molar-refractivity contribution in [3.05, 3.63) is 193 Å². The number of fused-ring (bicyclic) bond motifs is 3. The molecule has 3 nitrogen and oxygen atoms in total. The molecule has 7 aromatic carbocycles. The minimum Gasteiger partial charge on any atom is -0.436 e. The molecule has 50 heavy (non-hydrogen) atoms. The Morgan fingerprint density at radius 3 is 1.76 bits per heavy atom. The molecule has 3 heteroatoms. The van der Waals surface area contributed by atoms with Gasteiger partial charge in [0.25, 0.3) is 0 Å². The van der Waals surface area contributed by atoms with Gasteiger partial charge in [-0.3, -0.25) is 0 Å². The molecule has 0 radical (unpaired) electrons. The van der Waals surface area contributed by atoms with Crippen molar-refractivity contribution in [2.75, 3.05) is 4.90 Å². The van der Waals surface area contributed by atoms with E-state index in [-0.39, 0.29) is 0 Å². The number of anilines is 3. The van der Waals surface area contributed by atoms with Gasteiger partial charge in [-0.25, -0.2) is 4.98 Å². The Kier molecular flexibility index (Phi) is 7.64. The molecule has 1 aliphatic rings. The summed E-state index contributed by atoms with van der Waals surface area (Å²) in [5, 5.41) is 2.27. The van der Waals surface area contributed by atoms with Crippen molar-refractivity contribution in [1.29, 1.82) is 0 Å². The Hall–Kier alpha value is -6.45. The van der Waals surface area contributed by atoms with E-state index in [4.69, 9.17) is 9.40 Å². The molecule has 0 amide bonds. The number of oxazole rings is 1. The van der Waals surface area contributed by atoms with E-state index in [2.05, 4.69) is 181 Å². The van der Waals surface area contributed by atoms with Gasteiger partial charge in [-0.1, -0.05) is 146 Å². The van der Waals surface area contributed by atoms with Crippen molar-refractivity contribution in [2.45, 2.75) is 12.8 Å². The normalized spacial score (nSPS) is 12.9. The van der Waals surface area contributed by atoms with Gasteiger partial charge in [0.1, 0.15) is 5.52 Å². The van der Waals surface area contributed by atoms with E-state index in [0.29, 0.717) is 5.89 Å². The van der Waals surface area contributed by atoms with Crippen LogP contribution < -0.4 is 4.90 Å². The van der Waals surface area contributed by atoms with E-state index >= 15 is 0 Å². The van der Waals surface area contributed by atoms with Crippen molar-refractivity contribution in [2.24, 2.45) is 0 Å². The Morgan fingerprint density at radius 1 is 0.460 bits per heavy atom. The third kappa shape index (κ3) is 5.59. The Bertz CT molecular complexity index is 2510. The summed E-state index contributed by atoms with van der Waals surface area (Å²) in [4.78, 5) is 7.22. The first-order chi connectivity index (χ1) is 24.8. The highest BCUT2D eigenvalue weighted by atomic mass is 16.3. The number of nitrogens with zero attached hydrogens (tertiary/aromatic N) is 2. The zero-order valence-electron chi connectivity index (χ0n) is 27.5. The smallest absolute Gasteiger partial charge is 0.223 e. The molecule has 0 fully saturated rings. The first-order valence-corrected chi connectivity index (χ1v) is 17.2. The third-order valence-electron chi connectivity index (χ3n) is 9.66. The lowest BCUT2D eigenvalue weighted by Gasteiger charge is -2.28. The van der Waals surface area contributed by atoms with Crippen molar-refractivity contribution >= 4 is 50.1 Å². The molecule has 8 aromatic rings. The van der Waals surface area contributed by atoms with Crippen molar-refractivity contribution < 1.29 is 4.42 Å². The second kappa shape index (κ2) is 12.9. The standard InChI is InChI=1S/C47H34N2O/c1-3-11-33(12-4-1)35-23-28-40(29-24-35)49(45-18-10-9-16-42(45)37-13-5-2-6-14-37)41-30-25-36(26-31-41)34-19-21-39(22-20-34)47-48-44-32-27-38-15-7-8-17-43(38)46(44)50-47/h1-19,21,23-32H,20,22H2. The number of aromatic nitrogens is 1. The van der Waals surface area contributed by atoms with Crippen LogP contribution >= 0.6 is 0 Å². The summed E-state index contributed by atoms with van der Waals surface area (Å²) in [6.07, 6.45) is 6.21. The molecule has 0 spiro atoms. The second-order valence-corrected chi connectivity index (χ2v) is 12.7. The zero-order valence-corrected chi connectivity index (χ0v) is 27.5. The molecular formula is C47H34N2O. The Balaban J connectivity index is 1.05. The van der Waals surface area contributed by atoms with E-state index in [1.54, 1.807) is 0 Å². The summed E-state index contributed by atoms with van der Waals surface area (Å²) < 4.78 is 6.35. The van der Waals surface area contributed by atoms with E-state index in [1.807, 2.05) is 6.07 Å². The molecule has 0 bridgehead atoms. The fraction of sp³-hybridized carbons (Fsp3) is 0.0426. The largest absolute Gasteiger partial charge is 0.436 e. The lowest BCUT2D eigenvalue weighted by Crippen LogP contribution is -2.11. The maximum absolute atomic E-state index is 6.35. The molecule has 1 aliphatic carbocycles. The van der Waals surface area contributed by atoms with Crippen molar-refractivity contribution in [3.8, 4) is 22.3 Å². The highest BCUT2D eigenvalue weighted by Crippen LogP contribution is 2.42. The zero-order chi connectivity index (χ0) is 33.3. The minimum atomic E-state index is 0.716. The van der Waals surface area contributed by atoms with Crippen LogP contribution in [0.3, 0.4) is 0 Å². The van der Waals surface area contributed by atoms with Crippen LogP contribution in [0.5, 0.6) is 0 Å². The van der Waals surface area contributed by atoms with Gasteiger partial charge in [0.05, 0.1) is 5.69 Å². The lowest BCUT2D eigenvalue weighted by molar-refractivity contribution is 0.583. The molecule has 0 saturated heterocycles. The van der Waals surface area contributed by atoms with Gasteiger partial charge < -0.3 is 9.32 Å². The highest BCUT2D eigenvalue weighted by molar-refractivity contribution is 6.03. The first kappa shape index (κ1) is 29.7. The molecule has 0 aliphatic heterocycles. The minimum absolute atomic E-state index is 0.716. The van der Waals surface area contributed by atoms with Gasteiger partial charge in [0.15, 0.2) is 5.58 Å². The molecule has 0 atom stereocenters. The second-order valence-electron chi connectivity index (χ2n) is 12.7.